The van der Waals surface area contributed by atoms with E-state index in [1.165, 1.54) is 64.2 Å². The summed E-state index contributed by atoms with van der Waals surface area (Å²) in [5.41, 5.74) is 12.3. The van der Waals surface area contributed by atoms with Crippen molar-refractivity contribution in [1.29, 1.82) is 0 Å². The molecule has 2 saturated heterocycles. The van der Waals surface area contributed by atoms with Crippen LogP contribution in [0.3, 0.4) is 0 Å². The summed E-state index contributed by atoms with van der Waals surface area (Å²) in [7, 11) is 0. The molecule has 6 nitrogen and oxygen atoms in total. The number of likely N-dealkylation sites (tertiary alicyclic amines) is 2. The zero-order chi connectivity index (χ0) is 18.5. The van der Waals surface area contributed by atoms with Crippen LogP contribution < -0.4 is 11.5 Å². The van der Waals surface area contributed by atoms with E-state index in [0.29, 0.717) is 0 Å². The number of unbranched alkanes of at least 4 members (excludes halogenated alkanes) is 3. The Bertz CT molecular complexity index is 384. The third-order valence-corrected chi connectivity index (χ3v) is 5.47. The lowest BCUT2D eigenvalue weighted by Crippen LogP contribution is -2.38. The molecule has 2 fully saturated rings. The molecule has 4 N–H and O–H groups in total. The first kappa shape index (κ1) is 24.3. The summed E-state index contributed by atoms with van der Waals surface area (Å²) in [6.07, 6.45) is 14.9. The highest BCUT2D eigenvalue weighted by Crippen LogP contribution is 2.10. The van der Waals surface area contributed by atoms with Gasteiger partial charge < -0.3 is 21.3 Å². The van der Waals surface area contributed by atoms with Gasteiger partial charge in [0.15, 0.2) is 11.9 Å². The molecule has 0 aromatic carbocycles. The van der Waals surface area contributed by atoms with Gasteiger partial charge in [0.05, 0.1) is 0 Å². The van der Waals surface area contributed by atoms with Crippen LogP contribution in [0.1, 0.15) is 77.0 Å². The van der Waals surface area contributed by atoms with Crippen LogP contribution in [-0.2, 0) is 0 Å². The van der Waals surface area contributed by atoms with E-state index in [9.17, 15) is 0 Å². The van der Waals surface area contributed by atoms with Crippen molar-refractivity contribution < 1.29 is 0 Å². The maximum Gasteiger partial charge on any atom is 0.191 e. The third kappa shape index (κ3) is 10.4. The summed E-state index contributed by atoms with van der Waals surface area (Å²) in [5, 5.41) is 0. The number of rotatable bonds is 7. The molecule has 0 aliphatic carbocycles. The highest BCUT2D eigenvalue weighted by atomic mass is 127. The number of hydrogen-bond acceptors (Lipinski definition) is 2. The Morgan fingerprint density at radius 2 is 0.889 bits per heavy atom. The van der Waals surface area contributed by atoms with Gasteiger partial charge in [0, 0.05) is 39.3 Å². The van der Waals surface area contributed by atoms with E-state index in [2.05, 4.69) is 19.8 Å². The quantitative estimate of drug-likeness (QED) is 0.247. The van der Waals surface area contributed by atoms with Crippen molar-refractivity contribution >= 4 is 35.9 Å². The average Bonchev–Trinajstić information content (AvgIpc) is 3.08. The number of nitrogens with two attached hydrogens (primary N) is 2. The van der Waals surface area contributed by atoms with Gasteiger partial charge in [-0.25, -0.2) is 0 Å². The van der Waals surface area contributed by atoms with Crippen molar-refractivity contribution in [1.82, 2.24) is 9.80 Å². The molecular weight excluding hydrogens is 451 g/mol. The molecule has 0 unspecified atom stereocenters. The minimum Gasteiger partial charge on any atom is -0.370 e. The topological polar surface area (TPSA) is 83.2 Å². The molecule has 0 aromatic rings. The van der Waals surface area contributed by atoms with E-state index < -0.39 is 0 Å². The largest absolute Gasteiger partial charge is 0.370 e. The fourth-order valence-electron chi connectivity index (χ4n) is 3.76. The van der Waals surface area contributed by atoms with E-state index in [1.54, 1.807) is 0 Å². The summed E-state index contributed by atoms with van der Waals surface area (Å²) in [4.78, 5) is 13.7. The predicted octanol–water partition coefficient (Wildman–Crippen LogP) is 3.55. The van der Waals surface area contributed by atoms with Gasteiger partial charge in [0.1, 0.15) is 0 Å². The minimum atomic E-state index is 0. The van der Waals surface area contributed by atoms with Crippen molar-refractivity contribution in [2.45, 2.75) is 77.0 Å². The first-order valence-corrected chi connectivity index (χ1v) is 10.9. The van der Waals surface area contributed by atoms with Crippen molar-refractivity contribution in [3.63, 3.8) is 0 Å². The Hall–Kier alpha value is -0.730. The standard InChI is InChI=1S/C20H40N6.HI/c21-19(25-15-9-3-4-10-16-25)23-13-7-1-2-8-14-24-20(22)26-17-11-5-6-12-18-26;/h1-18H2,(H2,21,23)(H2,22,24);1H. The van der Waals surface area contributed by atoms with Crippen LogP contribution in [0.25, 0.3) is 0 Å². The molecule has 0 bridgehead atoms. The Kier molecular flexibility index (Phi) is 13.7. The van der Waals surface area contributed by atoms with Gasteiger partial charge in [-0.2, -0.15) is 0 Å². The van der Waals surface area contributed by atoms with Crippen LogP contribution in [0, 0.1) is 0 Å². The van der Waals surface area contributed by atoms with Crippen molar-refractivity contribution in [2.75, 3.05) is 39.3 Å². The second-order valence-electron chi connectivity index (χ2n) is 7.70. The van der Waals surface area contributed by atoms with Crippen LogP contribution in [0.5, 0.6) is 0 Å². The maximum absolute atomic E-state index is 6.14. The molecule has 158 valence electrons. The van der Waals surface area contributed by atoms with Crippen molar-refractivity contribution in [3.05, 3.63) is 0 Å². The monoisotopic (exact) mass is 492 g/mol. The molecule has 0 saturated carbocycles. The number of aliphatic imine (C=N–C) groups is 2. The van der Waals surface area contributed by atoms with Crippen molar-refractivity contribution in [2.24, 2.45) is 21.5 Å². The van der Waals surface area contributed by atoms with E-state index in [4.69, 9.17) is 11.5 Å². The molecule has 0 atom stereocenters. The lowest BCUT2D eigenvalue weighted by atomic mass is 10.2. The molecule has 2 rings (SSSR count). The number of guanidine groups is 2. The maximum atomic E-state index is 6.14. The lowest BCUT2D eigenvalue weighted by molar-refractivity contribution is 0.427. The summed E-state index contributed by atoms with van der Waals surface area (Å²) >= 11 is 0. The van der Waals surface area contributed by atoms with Gasteiger partial charge in [0.25, 0.3) is 0 Å². The molecule has 0 amide bonds. The molecule has 2 heterocycles. The molecule has 0 radical (unpaired) electrons. The van der Waals surface area contributed by atoms with Gasteiger partial charge in [-0.15, -0.1) is 24.0 Å². The highest BCUT2D eigenvalue weighted by Gasteiger charge is 2.11. The van der Waals surface area contributed by atoms with Crippen LogP contribution >= 0.6 is 24.0 Å². The van der Waals surface area contributed by atoms with Gasteiger partial charge in [-0.05, 0) is 38.5 Å². The molecular formula is C20H41IN6. The Balaban J connectivity index is 0.00000364. The minimum absolute atomic E-state index is 0. The van der Waals surface area contributed by atoms with E-state index >= 15 is 0 Å². The number of halogens is 1. The van der Waals surface area contributed by atoms with Crippen LogP contribution in [-0.4, -0.2) is 61.0 Å². The number of hydrogen-bond donors (Lipinski definition) is 2. The van der Waals surface area contributed by atoms with Crippen molar-refractivity contribution in [3.8, 4) is 0 Å². The Labute approximate surface area is 183 Å². The molecule has 7 heteroatoms. The summed E-state index contributed by atoms with van der Waals surface area (Å²) in [6.45, 7) is 6.00. The predicted molar refractivity (Wildman–Crippen MR) is 127 cm³/mol. The van der Waals surface area contributed by atoms with Crippen LogP contribution in [0.2, 0.25) is 0 Å². The van der Waals surface area contributed by atoms with Crippen LogP contribution in [0.4, 0.5) is 0 Å². The average molecular weight is 492 g/mol. The number of nitrogens with zero attached hydrogens (tertiary/aromatic N) is 4. The van der Waals surface area contributed by atoms with E-state index in [1.807, 2.05) is 0 Å². The fraction of sp³-hybridized carbons (Fsp3) is 0.900. The molecule has 0 aromatic heterocycles. The Morgan fingerprint density at radius 1 is 0.556 bits per heavy atom. The van der Waals surface area contributed by atoms with Crippen LogP contribution in [0.15, 0.2) is 9.98 Å². The van der Waals surface area contributed by atoms with Gasteiger partial charge in [-0.1, -0.05) is 38.5 Å². The van der Waals surface area contributed by atoms with E-state index in [0.717, 1.165) is 64.0 Å². The summed E-state index contributed by atoms with van der Waals surface area (Å²) < 4.78 is 0. The van der Waals surface area contributed by atoms with Gasteiger partial charge >= 0.3 is 0 Å². The lowest BCUT2D eigenvalue weighted by Gasteiger charge is -2.21. The first-order chi connectivity index (χ1) is 12.8. The SMILES string of the molecule is I.NC(=NCCCCCCN=C(N)N1CCCCCC1)N1CCCCCC1. The molecule has 2 aliphatic heterocycles. The smallest absolute Gasteiger partial charge is 0.191 e. The fourth-order valence-corrected chi connectivity index (χ4v) is 3.76. The molecule has 2 aliphatic rings. The highest BCUT2D eigenvalue weighted by molar-refractivity contribution is 14.0. The molecule has 0 spiro atoms. The zero-order valence-corrected chi connectivity index (χ0v) is 19.4. The summed E-state index contributed by atoms with van der Waals surface area (Å²) in [6, 6.07) is 0. The normalized spacial score (nSPS) is 20.0. The Morgan fingerprint density at radius 3 is 1.22 bits per heavy atom. The van der Waals surface area contributed by atoms with E-state index in [-0.39, 0.29) is 24.0 Å². The third-order valence-electron chi connectivity index (χ3n) is 5.47. The zero-order valence-electron chi connectivity index (χ0n) is 17.1. The second kappa shape index (κ2) is 15.2. The molecule has 27 heavy (non-hydrogen) atoms. The second-order valence-corrected chi connectivity index (χ2v) is 7.70. The summed E-state index contributed by atoms with van der Waals surface area (Å²) in [5.74, 6) is 1.50. The van der Waals surface area contributed by atoms with Gasteiger partial charge in [-0.3, -0.25) is 9.98 Å². The first-order valence-electron chi connectivity index (χ1n) is 10.9. The van der Waals surface area contributed by atoms with Gasteiger partial charge in [0.2, 0.25) is 0 Å².